The molecule has 1 saturated carbocycles. The van der Waals surface area contributed by atoms with Gasteiger partial charge in [0.1, 0.15) is 11.9 Å². The van der Waals surface area contributed by atoms with E-state index in [-0.39, 0.29) is 29.2 Å². The number of esters is 1. The minimum atomic E-state index is -0.156. The monoisotopic (exact) mass is 448 g/mol. The first kappa shape index (κ1) is 28.9. The molecule has 1 aliphatic rings. The molecule has 2 unspecified atom stereocenters. The Labute approximate surface area is 199 Å². The number of hydrogen-bond donors (Lipinski definition) is 0. The molecular weight excluding hydrogens is 396 g/mol. The molecule has 0 aromatic heterocycles. The van der Waals surface area contributed by atoms with Gasteiger partial charge in [0.2, 0.25) is 0 Å². The molecule has 0 aromatic rings. The summed E-state index contributed by atoms with van der Waals surface area (Å²) in [5.41, 5.74) is 1.05. The minimum absolute atomic E-state index is 0.0519. The normalized spacial score (nSPS) is 20.3. The Hall–Kier alpha value is -1.12. The number of unbranched alkanes of at least 4 members (excludes halogenated alkanes) is 12. The molecule has 0 amide bonds. The van der Waals surface area contributed by atoms with Crippen molar-refractivity contribution in [3.8, 4) is 0 Å². The number of ether oxygens (including phenoxy) is 1. The van der Waals surface area contributed by atoms with Crippen molar-refractivity contribution in [3.05, 3.63) is 12.2 Å². The fraction of sp³-hybridized carbons (Fsp3) is 0.862. The van der Waals surface area contributed by atoms with Crippen LogP contribution in [0.4, 0.5) is 0 Å². The molecule has 1 fully saturated rings. The Morgan fingerprint density at radius 2 is 1.38 bits per heavy atom. The average Bonchev–Trinajstić information content (AvgIpc) is 2.73. The summed E-state index contributed by atoms with van der Waals surface area (Å²) in [5, 5.41) is 0. The van der Waals surface area contributed by atoms with Gasteiger partial charge in [0.25, 0.3) is 0 Å². The molecule has 0 aliphatic heterocycles. The number of allylic oxidation sites excluding steroid dienone is 1. The molecule has 0 aromatic carbocycles. The van der Waals surface area contributed by atoms with E-state index in [2.05, 4.69) is 27.4 Å². The van der Waals surface area contributed by atoms with Crippen molar-refractivity contribution in [2.75, 3.05) is 0 Å². The summed E-state index contributed by atoms with van der Waals surface area (Å²) < 4.78 is 5.93. The molecule has 0 heterocycles. The van der Waals surface area contributed by atoms with E-state index in [1.807, 2.05) is 0 Å². The summed E-state index contributed by atoms with van der Waals surface area (Å²) in [6.07, 6.45) is 20.6. The number of rotatable bonds is 18. The number of carbonyl (C=O) groups is 2. The van der Waals surface area contributed by atoms with Crippen molar-refractivity contribution >= 4 is 11.8 Å². The van der Waals surface area contributed by atoms with Gasteiger partial charge in [0, 0.05) is 18.3 Å². The molecule has 0 radical (unpaired) electrons. The van der Waals surface area contributed by atoms with Gasteiger partial charge in [-0.25, -0.2) is 0 Å². The van der Waals surface area contributed by atoms with Gasteiger partial charge in [-0.15, -0.1) is 0 Å². The second kappa shape index (κ2) is 16.5. The summed E-state index contributed by atoms with van der Waals surface area (Å²) in [7, 11) is 0. The van der Waals surface area contributed by atoms with Crippen LogP contribution in [0, 0.1) is 11.3 Å². The van der Waals surface area contributed by atoms with Gasteiger partial charge in [-0.3, -0.25) is 4.79 Å². The number of ketones is 1. The van der Waals surface area contributed by atoms with Crippen LogP contribution >= 0.6 is 0 Å². The minimum Gasteiger partial charge on any atom is -0.462 e. The highest BCUT2D eigenvalue weighted by molar-refractivity contribution is 5.75. The van der Waals surface area contributed by atoms with E-state index >= 15 is 0 Å². The van der Waals surface area contributed by atoms with Gasteiger partial charge < -0.3 is 9.53 Å². The summed E-state index contributed by atoms with van der Waals surface area (Å²) in [6.45, 7) is 12.5. The maximum Gasteiger partial charge on any atom is 0.306 e. The van der Waals surface area contributed by atoms with E-state index in [0.717, 1.165) is 32.1 Å². The van der Waals surface area contributed by atoms with Gasteiger partial charge in [-0.05, 0) is 38.5 Å². The summed E-state index contributed by atoms with van der Waals surface area (Å²) in [5.74, 6) is 0.411. The molecule has 1 aliphatic carbocycles. The van der Waals surface area contributed by atoms with Crippen LogP contribution in [0.25, 0.3) is 0 Å². The van der Waals surface area contributed by atoms with E-state index in [1.54, 1.807) is 6.92 Å². The molecule has 1 rings (SSSR count). The summed E-state index contributed by atoms with van der Waals surface area (Å²) in [6, 6.07) is 0. The number of Topliss-reactive ketones (excluding diaryl/α,β-unsaturated/α-hetero) is 1. The number of hydrogen-bond acceptors (Lipinski definition) is 3. The average molecular weight is 449 g/mol. The molecule has 186 valence electrons. The van der Waals surface area contributed by atoms with Gasteiger partial charge in [0.05, 0.1) is 0 Å². The largest absolute Gasteiger partial charge is 0.462 e. The predicted octanol–water partition coefficient (Wildman–Crippen LogP) is 8.74. The van der Waals surface area contributed by atoms with E-state index < -0.39 is 0 Å². The first-order chi connectivity index (χ1) is 15.3. The lowest BCUT2D eigenvalue weighted by atomic mass is 9.63. The third kappa shape index (κ3) is 11.7. The number of carbonyl (C=O) groups excluding carboxylic acids is 2. The fourth-order valence-electron chi connectivity index (χ4n) is 5.25. The molecule has 0 N–H and O–H groups in total. The molecule has 3 nitrogen and oxygen atoms in total. The molecule has 32 heavy (non-hydrogen) atoms. The molecule has 0 saturated heterocycles. The van der Waals surface area contributed by atoms with E-state index in [1.165, 1.54) is 76.2 Å². The van der Waals surface area contributed by atoms with Crippen LogP contribution in [-0.4, -0.2) is 17.9 Å². The third-order valence-electron chi connectivity index (χ3n) is 7.49. The van der Waals surface area contributed by atoms with E-state index in [4.69, 9.17) is 4.74 Å². The van der Waals surface area contributed by atoms with E-state index in [9.17, 15) is 9.59 Å². The van der Waals surface area contributed by atoms with Crippen LogP contribution < -0.4 is 0 Å². The standard InChI is InChI=1S/C29H52O3/c1-6-7-8-9-10-11-12-13-14-15-16-17-18-19-28(31)32-27-23-20-24(2)26(29(27,4)5)22-21-25(3)30/h26-27H,2,6-23H2,1,3-5H3. The Morgan fingerprint density at radius 3 is 1.88 bits per heavy atom. The van der Waals surface area contributed by atoms with Crippen molar-refractivity contribution in [2.24, 2.45) is 11.3 Å². The van der Waals surface area contributed by atoms with Crippen molar-refractivity contribution in [2.45, 2.75) is 149 Å². The van der Waals surface area contributed by atoms with Crippen LogP contribution in [0.3, 0.4) is 0 Å². The van der Waals surface area contributed by atoms with Crippen LogP contribution in [-0.2, 0) is 14.3 Å². The Bertz CT molecular complexity index is 549. The smallest absolute Gasteiger partial charge is 0.306 e. The lowest BCUT2D eigenvalue weighted by Crippen LogP contribution is -2.44. The highest BCUT2D eigenvalue weighted by atomic mass is 16.5. The predicted molar refractivity (Wildman–Crippen MR) is 136 cm³/mol. The second-order valence-electron chi connectivity index (χ2n) is 10.8. The zero-order valence-electron chi connectivity index (χ0n) is 21.8. The second-order valence-corrected chi connectivity index (χ2v) is 10.8. The topological polar surface area (TPSA) is 43.4 Å². The zero-order chi connectivity index (χ0) is 23.8. The lowest BCUT2D eigenvalue weighted by Gasteiger charge is -2.45. The first-order valence-corrected chi connectivity index (χ1v) is 13.7. The first-order valence-electron chi connectivity index (χ1n) is 13.7. The molecule has 0 bridgehead atoms. The highest BCUT2D eigenvalue weighted by Crippen LogP contribution is 2.47. The van der Waals surface area contributed by atoms with Crippen molar-refractivity contribution in [1.29, 1.82) is 0 Å². The van der Waals surface area contributed by atoms with Crippen molar-refractivity contribution in [3.63, 3.8) is 0 Å². The lowest BCUT2D eigenvalue weighted by molar-refractivity contribution is -0.160. The van der Waals surface area contributed by atoms with Crippen LogP contribution in [0.5, 0.6) is 0 Å². The van der Waals surface area contributed by atoms with Crippen molar-refractivity contribution < 1.29 is 14.3 Å². The fourth-order valence-corrected chi connectivity index (χ4v) is 5.25. The highest BCUT2D eigenvalue weighted by Gasteiger charge is 2.43. The quantitative estimate of drug-likeness (QED) is 0.120. The van der Waals surface area contributed by atoms with E-state index in [0.29, 0.717) is 12.8 Å². The molecule has 2 atom stereocenters. The summed E-state index contributed by atoms with van der Waals surface area (Å²) >= 11 is 0. The SMILES string of the molecule is C=C1CCC(OC(=O)CCCCCCCCCCCCCCC)C(C)(C)C1CCC(C)=O. The maximum atomic E-state index is 12.5. The zero-order valence-corrected chi connectivity index (χ0v) is 21.8. The van der Waals surface area contributed by atoms with Gasteiger partial charge in [0.15, 0.2) is 0 Å². The maximum absolute atomic E-state index is 12.5. The van der Waals surface area contributed by atoms with Gasteiger partial charge >= 0.3 is 5.97 Å². The molecule has 0 spiro atoms. The third-order valence-corrected chi connectivity index (χ3v) is 7.49. The Kier molecular flexibility index (Phi) is 14.9. The van der Waals surface area contributed by atoms with Gasteiger partial charge in [-0.2, -0.15) is 0 Å². The van der Waals surface area contributed by atoms with Crippen LogP contribution in [0.2, 0.25) is 0 Å². The van der Waals surface area contributed by atoms with Crippen LogP contribution in [0.1, 0.15) is 143 Å². The molecule has 3 heteroatoms. The Balaban J connectivity index is 2.13. The molecular formula is C29H52O3. The summed E-state index contributed by atoms with van der Waals surface area (Å²) in [4.78, 5) is 23.9. The van der Waals surface area contributed by atoms with Crippen LogP contribution in [0.15, 0.2) is 12.2 Å². The Morgan fingerprint density at radius 1 is 0.875 bits per heavy atom. The van der Waals surface area contributed by atoms with Crippen molar-refractivity contribution in [1.82, 2.24) is 0 Å². The van der Waals surface area contributed by atoms with Gasteiger partial charge in [-0.1, -0.05) is 110 Å².